The van der Waals surface area contributed by atoms with Gasteiger partial charge in [-0.05, 0) is 45.3 Å². The van der Waals surface area contributed by atoms with Gasteiger partial charge in [0.2, 0.25) is 0 Å². The van der Waals surface area contributed by atoms with E-state index in [9.17, 15) is 20.4 Å². The number of carbonyl (C=O) groups is 1. The van der Waals surface area contributed by atoms with E-state index in [0.29, 0.717) is 63.7 Å². The summed E-state index contributed by atoms with van der Waals surface area (Å²) in [7, 11) is -1.54. The molecule has 2 saturated heterocycles. The van der Waals surface area contributed by atoms with Crippen LogP contribution in [0.3, 0.4) is 0 Å². The molecule has 0 N–H and O–H groups in total. The summed E-state index contributed by atoms with van der Waals surface area (Å²) in [5, 5.41) is 34.2. The van der Waals surface area contributed by atoms with Gasteiger partial charge < -0.3 is 33.7 Å². The maximum Gasteiger partial charge on any atom is 0.275 e. The van der Waals surface area contributed by atoms with Crippen LogP contribution in [0.4, 0.5) is 18.9 Å². The van der Waals surface area contributed by atoms with E-state index in [1.165, 1.54) is 12.1 Å². The molecule has 6 rings (SSSR count). The molecule has 0 saturated carbocycles. The zero-order valence-corrected chi connectivity index (χ0v) is 28.2. The van der Waals surface area contributed by atoms with Gasteiger partial charge in [-0.3, -0.25) is 0 Å². The van der Waals surface area contributed by atoms with Crippen LogP contribution < -0.4 is 15.2 Å². The van der Waals surface area contributed by atoms with Crippen molar-refractivity contribution in [2.75, 3.05) is 71.4 Å². The first-order chi connectivity index (χ1) is 23.5. The number of morpholine rings is 2. The van der Waals surface area contributed by atoms with Gasteiger partial charge in [0, 0.05) is 49.2 Å². The number of aromatic carboxylic acids is 1. The number of nitriles is 2. The van der Waals surface area contributed by atoms with E-state index >= 15 is 13.2 Å². The van der Waals surface area contributed by atoms with E-state index in [0.717, 1.165) is 28.9 Å². The number of hydrogen-bond acceptors (Lipinski definition) is 9. The average molecular weight is 691 g/mol. The number of rotatable bonds is 7. The van der Waals surface area contributed by atoms with Crippen LogP contribution in [-0.4, -0.2) is 90.8 Å². The fraction of sp³-hybridized carbons (Fsp3) is 0.371. The molecule has 1 aliphatic carbocycles. The second-order valence-corrected chi connectivity index (χ2v) is 16.8. The predicted octanol–water partition coefficient (Wildman–Crippen LogP) is 2.42. The summed E-state index contributed by atoms with van der Waals surface area (Å²) in [5.41, 5.74) is -4.10. The number of hydrogen-bond donors (Lipinski definition) is 0. The van der Waals surface area contributed by atoms with Crippen molar-refractivity contribution in [1.29, 1.82) is 10.5 Å². The molecule has 2 aromatic rings. The van der Waals surface area contributed by atoms with Crippen LogP contribution in [0.15, 0.2) is 47.2 Å². The molecule has 4 aliphatic rings. The van der Waals surface area contributed by atoms with E-state index in [1.807, 2.05) is 24.3 Å². The van der Waals surface area contributed by atoms with Crippen molar-refractivity contribution in [3.05, 3.63) is 86.9 Å². The summed E-state index contributed by atoms with van der Waals surface area (Å²) in [4.78, 5) is 14.8. The predicted molar refractivity (Wildman–Crippen MR) is 172 cm³/mol. The molecule has 0 atom stereocenters. The van der Waals surface area contributed by atoms with Crippen molar-refractivity contribution in [1.82, 2.24) is 0 Å². The lowest BCUT2D eigenvalue weighted by Crippen LogP contribution is -2.50. The third-order valence-corrected chi connectivity index (χ3v) is 13.0. The highest BCUT2D eigenvalue weighted by molar-refractivity contribution is 6.98. The van der Waals surface area contributed by atoms with E-state index in [4.69, 9.17) is 18.9 Å². The fourth-order valence-electron chi connectivity index (χ4n) is 6.95. The number of nitrogens with zero attached hydrogens (tertiary/aromatic N) is 4. The van der Waals surface area contributed by atoms with E-state index in [1.54, 1.807) is 12.1 Å². The Balaban J connectivity index is 1.72. The maximum atomic E-state index is 17.2. The lowest BCUT2D eigenvalue weighted by Gasteiger charge is -2.39. The Morgan fingerprint density at radius 3 is 2.35 bits per heavy atom. The Morgan fingerprint density at radius 1 is 1.04 bits per heavy atom. The number of benzene rings is 2. The lowest BCUT2D eigenvalue weighted by molar-refractivity contribution is -0.547. The highest BCUT2D eigenvalue weighted by Crippen LogP contribution is 2.46. The van der Waals surface area contributed by atoms with Crippen LogP contribution in [0, 0.1) is 40.1 Å². The highest BCUT2D eigenvalue weighted by atomic mass is 28.3. The quantitative estimate of drug-likeness (QED) is 0.186. The number of fused-ring (bicyclic) bond motifs is 2. The van der Waals surface area contributed by atoms with Crippen molar-refractivity contribution >= 4 is 36.2 Å². The Bertz CT molecular complexity index is 1930. The summed E-state index contributed by atoms with van der Waals surface area (Å²) in [6.45, 7) is 8.16. The molecule has 2 aromatic carbocycles. The van der Waals surface area contributed by atoms with Gasteiger partial charge in [0.05, 0.1) is 24.7 Å². The van der Waals surface area contributed by atoms with Crippen molar-refractivity contribution in [3.63, 3.8) is 0 Å². The van der Waals surface area contributed by atoms with Gasteiger partial charge in [0.15, 0.2) is 30.4 Å². The Labute approximate surface area is 282 Å². The minimum absolute atomic E-state index is 0.0350. The maximum absolute atomic E-state index is 17.2. The van der Waals surface area contributed by atoms with Gasteiger partial charge in [-0.2, -0.15) is 10.5 Å². The Kier molecular flexibility index (Phi) is 9.37. The molecule has 0 amide bonds. The molecule has 3 heterocycles. The van der Waals surface area contributed by atoms with Crippen molar-refractivity contribution in [3.8, 4) is 12.1 Å². The molecule has 0 spiro atoms. The van der Waals surface area contributed by atoms with E-state index in [-0.39, 0.29) is 5.57 Å². The number of carboxylic acid groups (broad SMARTS) is 1. The second-order valence-electron chi connectivity index (χ2n) is 12.5. The molecule has 49 heavy (non-hydrogen) atoms. The molecule has 0 radical (unpaired) electrons. The molecule has 3 aliphatic heterocycles. The lowest BCUT2D eigenvalue weighted by atomic mass is 9.83. The summed E-state index contributed by atoms with van der Waals surface area (Å²) in [6, 6.07) is 8.41. The number of halogens is 3. The van der Waals surface area contributed by atoms with Crippen LogP contribution in [-0.2, 0) is 24.5 Å². The fourth-order valence-corrected chi connectivity index (χ4v) is 10.0. The van der Waals surface area contributed by atoms with Gasteiger partial charge >= 0.3 is 0 Å². The Hall–Kier alpha value is -4.57. The van der Waals surface area contributed by atoms with Crippen molar-refractivity contribution in [2.24, 2.45) is 0 Å². The normalized spacial score (nSPS) is 18.8. The van der Waals surface area contributed by atoms with Crippen LogP contribution in [0.2, 0.25) is 13.1 Å². The largest absolute Gasteiger partial charge is 0.545 e. The van der Waals surface area contributed by atoms with Crippen LogP contribution in [0.5, 0.6) is 0 Å². The summed E-state index contributed by atoms with van der Waals surface area (Å²) < 4.78 is 72.2. The first-order valence-corrected chi connectivity index (χ1v) is 18.7. The monoisotopic (exact) mass is 690 g/mol. The van der Waals surface area contributed by atoms with E-state index < -0.39 is 60.6 Å². The third kappa shape index (κ3) is 5.69. The number of carbonyl (C=O) groups excluding carboxylic acids is 1. The summed E-state index contributed by atoms with van der Waals surface area (Å²) in [6.07, 6.45) is 5.53. The average Bonchev–Trinajstić information content (AvgIpc) is 3.12. The molecular formula is C35H33F3N4O6Si. The van der Waals surface area contributed by atoms with Crippen molar-refractivity contribution < 1.29 is 46.6 Å². The van der Waals surface area contributed by atoms with Gasteiger partial charge in [-0.15, -0.1) is 0 Å². The molecular weight excluding hydrogens is 657 g/mol. The zero-order chi connectivity index (χ0) is 35.1. The first kappa shape index (κ1) is 34.3. The molecule has 0 aromatic heterocycles. The smallest absolute Gasteiger partial charge is 0.275 e. The van der Waals surface area contributed by atoms with Crippen LogP contribution >= 0.6 is 0 Å². The Morgan fingerprint density at radius 2 is 1.71 bits per heavy atom. The number of carboxylic acids is 1. The minimum atomic E-state index is -3.03. The summed E-state index contributed by atoms with van der Waals surface area (Å²) in [5.74, 6) is -7.87. The molecule has 14 heteroatoms. The zero-order valence-electron chi connectivity index (χ0n) is 27.2. The second kappa shape index (κ2) is 13.4. The van der Waals surface area contributed by atoms with Gasteiger partial charge in [-0.1, -0.05) is 19.2 Å². The van der Waals surface area contributed by atoms with E-state index in [2.05, 4.69) is 22.6 Å². The van der Waals surface area contributed by atoms with Gasteiger partial charge in [0.25, 0.3) is 5.60 Å². The molecule has 0 unspecified atom stereocenters. The van der Waals surface area contributed by atoms with Crippen LogP contribution in [0.25, 0.3) is 5.57 Å². The first-order valence-electron chi connectivity index (χ1n) is 15.7. The van der Waals surface area contributed by atoms with Gasteiger partial charge in [-0.25, -0.2) is 17.7 Å². The number of methoxy groups -OCH3 is 1. The SMILES string of the molecule is COCOC(C#N)(C#N)c1c(F)c(F)c(C(=O)[O-])c(C2=C3C=CC(=[N+]4CCOCC4)C=C3[Si](C)(C)c3cc(N4CCOCC4)ccc32)c1F. The minimum Gasteiger partial charge on any atom is -0.545 e. The molecule has 0 bridgehead atoms. The van der Waals surface area contributed by atoms with Gasteiger partial charge in [0.1, 0.15) is 46.0 Å². The number of ether oxygens (including phenoxy) is 4. The number of allylic oxidation sites excluding steroid dienone is 5. The summed E-state index contributed by atoms with van der Waals surface area (Å²) >= 11 is 0. The molecule has 10 nitrogen and oxygen atoms in total. The van der Waals surface area contributed by atoms with Crippen LogP contribution in [0.1, 0.15) is 27.0 Å². The highest BCUT2D eigenvalue weighted by Gasteiger charge is 2.47. The molecule has 254 valence electrons. The third-order valence-electron chi connectivity index (χ3n) is 9.48. The van der Waals surface area contributed by atoms with Crippen molar-refractivity contribution in [2.45, 2.75) is 18.7 Å². The standard InChI is InChI=1S/C35H33F3N4O6Si/c1-45-20-48-35(18-39,19-40)30-31(36)28(29(34(43)44)32(37)33(30)38)27-23-6-4-21(41-8-12-46-13-9-41)16-25(23)49(2,3)26-17-22(5-7-24(26)27)42-10-14-47-15-11-42/h4-7,16-17H,8-15,20H2,1-3H3. The topological polar surface area (TPSA) is 131 Å². The number of anilines is 1. The molecule has 2 fully saturated rings.